The summed E-state index contributed by atoms with van der Waals surface area (Å²) in [4.78, 5) is 34.9. The molecule has 1 N–H and O–H groups in total. The Balaban J connectivity index is 1.91. The van der Waals surface area contributed by atoms with Gasteiger partial charge in [-0.05, 0) is 12.0 Å². The first-order valence-electron chi connectivity index (χ1n) is 5.84. The topological polar surface area (TPSA) is 83.9 Å². The van der Waals surface area contributed by atoms with E-state index in [0.717, 1.165) is 10.5 Å². The number of hydrogen-bond acceptors (Lipinski definition) is 4. The number of carboxylic acids is 1. The van der Waals surface area contributed by atoms with Gasteiger partial charge in [-0.15, -0.1) is 0 Å². The molecule has 0 aliphatic carbocycles. The molecule has 0 spiro atoms. The molecule has 0 radical (unpaired) electrons. The zero-order valence-electron chi connectivity index (χ0n) is 10.1. The van der Waals surface area contributed by atoms with Gasteiger partial charge in [-0.2, -0.15) is 0 Å². The Morgan fingerprint density at radius 3 is 2.58 bits per heavy atom. The summed E-state index contributed by atoms with van der Waals surface area (Å²) < 4.78 is 4.98. The number of likely N-dealkylation sites (tertiary alicyclic amines) is 1. The van der Waals surface area contributed by atoms with Crippen LogP contribution >= 0.6 is 0 Å². The third-order valence-corrected chi connectivity index (χ3v) is 2.93. The maximum Gasteiger partial charge on any atom is 0.416 e. The van der Waals surface area contributed by atoms with E-state index in [2.05, 4.69) is 0 Å². The van der Waals surface area contributed by atoms with Gasteiger partial charge in [0.15, 0.2) is 0 Å². The van der Waals surface area contributed by atoms with Gasteiger partial charge in [-0.25, -0.2) is 9.69 Å². The molecule has 2 amide bonds. The smallest absolute Gasteiger partial charge is 0.416 e. The summed E-state index contributed by atoms with van der Waals surface area (Å²) in [5, 5.41) is 8.79. The first-order valence-corrected chi connectivity index (χ1v) is 5.84. The van der Waals surface area contributed by atoms with Crippen molar-refractivity contribution in [3.63, 3.8) is 0 Å². The van der Waals surface area contributed by atoms with E-state index < -0.39 is 23.9 Å². The summed E-state index contributed by atoms with van der Waals surface area (Å²) in [6.07, 6.45) is -0.660. The maximum atomic E-state index is 11.7. The number of carbonyl (C=O) groups excluding carboxylic acids is 2. The summed E-state index contributed by atoms with van der Waals surface area (Å²) >= 11 is 0. The van der Waals surface area contributed by atoms with E-state index in [9.17, 15) is 14.4 Å². The van der Waals surface area contributed by atoms with E-state index in [-0.39, 0.29) is 19.6 Å². The standard InChI is InChI=1S/C13H13NO5/c15-11-10(12(16)17)6-7-14(11)13(18)19-8-9-4-2-1-3-5-9/h1-5,10H,6-8H2,(H,16,17)/t10-/m0/s1. The second-order valence-electron chi connectivity index (χ2n) is 4.21. The summed E-state index contributed by atoms with van der Waals surface area (Å²) in [6.45, 7) is 0.143. The predicted molar refractivity (Wildman–Crippen MR) is 64.1 cm³/mol. The van der Waals surface area contributed by atoms with Gasteiger partial charge in [0.1, 0.15) is 12.5 Å². The molecule has 2 rings (SSSR count). The molecule has 1 aromatic carbocycles. The fourth-order valence-corrected chi connectivity index (χ4v) is 1.89. The molecular formula is C13H13NO5. The molecule has 0 bridgehead atoms. The highest BCUT2D eigenvalue weighted by Gasteiger charge is 2.40. The van der Waals surface area contributed by atoms with Crippen LogP contribution in [0.5, 0.6) is 0 Å². The molecule has 19 heavy (non-hydrogen) atoms. The van der Waals surface area contributed by atoms with Crippen LogP contribution in [0.3, 0.4) is 0 Å². The molecule has 0 saturated carbocycles. The Morgan fingerprint density at radius 1 is 1.32 bits per heavy atom. The second kappa shape index (κ2) is 5.51. The fourth-order valence-electron chi connectivity index (χ4n) is 1.89. The van der Waals surface area contributed by atoms with Crippen molar-refractivity contribution < 1.29 is 24.2 Å². The minimum Gasteiger partial charge on any atom is -0.481 e. The lowest BCUT2D eigenvalue weighted by molar-refractivity contribution is -0.147. The van der Waals surface area contributed by atoms with Gasteiger partial charge in [0.25, 0.3) is 0 Å². The van der Waals surface area contributed by atoms with Crippen molar-refractivity contribution in [3.05, 3.63) is 35.9 Å². The van der Waals surface area contributed by atoms with Crippen molar-refractivity contribution in [2.45, 2.75) is 13.0 Å². The fraction of sp³-hybridized carbons (Fsp3) is 0.308. The van der Waals surface area contributed by atoms with Crippen LogP contribution in [-0.2, 0) is 20.9 Å². The van der Waals surface area contributed by atoms with Gasteiger partial charge in [0.05, 0.1) is 0 Å². The number of imide groups is 1. The van der Waals surface area contributed by atoms with Crippen LogP contribution in [0, 0.1) is 5.92 Å². The van der Waals surface area contributed by atoms with E-state index in [1.807, 2.05) is 18.2 Å². The molecule has 1 heterocycles. The predicted octanol–water partition coefficient (Wildman–Crippen LogP) is 1.26. The lowest BCUT2D eigenvalue weighted by Crippen LogP contribution is -2.35. The van der Waals surface area contributed by atoms with Crippen LogP contribution in [-0.4, -0.2) is 34.5 Å². The van der Waals surface area contributed by atoms with Crippen LogP contribution in [0.2, 0.25) is 0 Å². The Labute approximate surface area is 109 Å². The van der Waals surface area contributed by atoms with Crippen LogP contribution in [0.4, 0.5) is 4.79 Å². The van der Waals surface area contributed by atoms with Gasteiger partial charge >= 0.3 is 12.1 Å². The Bertz CT molecular complexity index is 499. The maximum absolute atomic E-state index is 11.7. The van der Waals surface area contributed by atoms with Gasteiger partial charge in [0.2, 0.25) is 5.91 Å². The second-order valence-corrected chi connectivity index (χ2v) is 4.21. The van der Waals surface area contributed by atoms with E-state index in [1.165, 1.54) is 0 Å². The molecule has 1 aliphatic heterocycles. The highest BCUT2D eigenvalue weighted by Crippen LogP contribution is 2.19. The number of amides is 2. The normalized spacial score (nSPS) is 18.4. The van der Waals surface area contributed by atoms with Crippen molar-refractivity contribution in [1.82, 2.24) is 4.90 Å². The van der Waals surface area contributed by atoms with Gasteiger partial charge in [-0.1, -0.05) is 30.3 Å². The van der Waals surface area contributed by atoms with Gasteiger partial charge in [-0.3, -0.25) is 9.59 Å². The van der Waals surface area contributed by atoms with Crippen LogP contribution in [0.25, 0.3) is 0 Å². The Kier molecular flexibility index (Phi) is 3.79. The summed E-state index contributed by atoms with van der Waals surface area (Å²) in [6, 6.07) is 9.04. The first kappa shape index (κ1) is 13.1. The van der Waals surface area contributed by atoms with Crippen molar-refractivity contribution in [2.24, 2.45) is 5.92 Å². The first-order chi connectivity index (χ1) is 9.09. The summed E-state index contributed by atoms with van der Waals surface area (Å²) in [5.74, 6) is -3.04. The molecule has 1 atom stereocenters. The average molecular weight is 263 g/mol. The minimum absolute atomic E-state index is 0.0567. The molecule has 0 unspecified atom stereocenters. The van der Waals surface area contributed by atoms with Gasteiger partial charge < -0.3 is 9.84 Å². The van der Waals surface area contributed by atoms with E-state index >= 15 is 0 Å². The average Bonchev–Trinajstić information content (AvgIpc) is 2.79. The number of hydrogen-bond donors (Lipinski definition) is 1. The highest BCUT2D eigenvalue weighted by molar-refractivity contribution is 6.04. The molecule has 1 fully saturated rings. The Morgan fingerprint density at radius 2 is 2.00 bits per heavy atom. The summed E-state index contributed by atoms with van der Waals surface area (Å²) in [5.41, 5.74) is 0.803. The number of benzene rings is 1. The monoisotopic (exact) mass is 263 g/mol. The van der Waals surface area contributed by atoms with Crippen molar-refractivity contribution in [2.75, 3.05) is 6.54 Å². The van der Waals surface area contributed by atoms with Crippen molar-refractivity contribution >= 4 is 18.0 Å². The summed E-state index contributed by atoms with van der Waals surface area (Å²) in [7, 11) is 0. The SMILES string of the molecule is O=C(O)[C@H]1CCN(C(=O)OCc2ccccc2)C1=O. The molecule has 0 aromatic heterocycles. The molecule has 100 valence electrons. The van der Waals surface area contributed by atoms with E-state index in [0.29, 0.717) is 0 Å². The molecular weight excluding hydrogens is 250 g/mol. The zero-order valence-corrected chi connectivity index (χ0v) is 10.1. The van der Waals surface area contributed by atoms with Crippen molar-refractivity contribution in [1.29, 1.82) is 0 Å². The van der Waals surface area contributed by atoms with E-state index in [1.54, 1.807) is 12.1 Å². The number of carbonyl (C=O) groups is 3. The van der Waals surface area contributed by atoms with Crippen LogP contribution in [0.1, 0.15) is 12.0 Å². The highest BCUT2D eigenvalue weighted by atomic mass is 16.6. The molecule has 1 aromatic rings. The molecule has 1 saturated heterocycles. The third kappa shape index (κ3) is 2.90. The lowest BCUT2D eigenvalue weighted by atomic mass is 10.1. The molecule has 6 nitrogen and oxygen atoms in total. The van der Waals surface area contributed by atoms with E-state index in [4.69, 9.17) is 9.84 Å². The quantitative estimate of drug-likeness (QED) is 0.830. The van der Waals surface area contributed by atoms with Crippen LogP contribution < -0.4 is 0 Å². The zero-order chi connectivity index (χ0) is 13.8. The number of nitrogens with zero attached hydrogens (tertiary/aromatic N) is 1. The minimum atomic E-state index is -1.21. The largest absolute Gasteiger partial charge is 0.481 e. The van der Waals surface area contributed by atoms with Gasteiger partial charge in [0, 0.05) is 6.54 Å². The van der Waals surface area contributed by atoms with Crippen molar-refractivity contribution in [3.8, 4) is 0 Å². The number of ether oxygens (including phenoxy) is 1. The molecule has 6 heteroatoms. The number of rotatable bonds is 3. The lowest BCUT2D eigenvalue weighted by Gasteiger charge is -2.14. The number of aliphatic carboxylic acids is 1. The third-order valence-electron chi connectivity index (χ3n) is 2.93. The van der Waals surface area contributed by atoms with Crippen LogP contribution in [0.15, 0.2) is 30.3 Å². The molecule has 1 aliphatic rings. The number of carboxylic acid groups (broad SMARTS) is 1. The Hall–Kier alpha value is -2.37.